The molecule has 2 rings (SSSR count). The number of nitrogens with one attached hydrogen (secondary N) is 1. The predicted octanol–water partition coefficient (Wildman–Crippen LogP) is 2.03. The lowest BCUT2D eigenvalue weighted by Crippen LogP contribution is -2.47. The van der Waals surface area contributed by atoms with Crippen molar-refractivity contribution in [3.63, 3.8) is 0 Å². The van der Waals surface area contributed by atoms with E-state index in [0.29, 0.717) is 18.1 Å². The predicted molar refractivity (Wildman–Crippen MR) is 67.4 cm³/mol. The second-order valence-corrected chi connectivity index (χ2v) is 5.05. The third-order valence-electron chi connectivity index (χ3n) is 2.56. The van der Waals surface area contributed by atoms with E-state index in [1.807, 2.05) is 23.1 Å². The highest BCUT2D eigenvalue weighted by Gasteiger charge is 2.18. The second-order valence-electron chi connectivity index (χ2n) is 3.73. The second kappa shape index (κ2) is 5.17. The first-order chi connectivity index (χ1) is 7.66. The van der Waals surface area contributed by atoms with Gasteiger partial charge in [0.25, 0.3) is 0 Å². The average molecular weight is 304 g/mol. The molecule has 0 atom stereocenters. The Kier molecular flexibility index (Phi) is 3.84. The molecular weight excluding hydrogens is 291 g/mol. The Morgan fingerprint density at radius 3 is 3.00 bits per heavy atom. The molecule has 86 valence electrons. The maximum atomic E-state index is 11.6. The molecular formula is C11H12BrClN2O. The van der Waals surface area contributed by atoms with Gasteiger partial charge in [0.05, 0.1) is 6.54 Å². The molecule has 1 fully saturated rings. The van der Waals surface area contributed by atoms with Crippen molar-refractivity contribution in [2.75, 3.05) is 19.6 Å². The van der Waals surface area contributed by atoms with Gasteiger partial charge in [0.2, 0.25) is 5.91 Å². The van der Waals surface area contributed by atoms with Gasteiger partial charge in [-0.2, -0.15) is 0 Å². The fourth-order valence-electron chi connectivity index (χ4n) is 1.67. The minimum absolute atomic E-state index is 0.130. The van der Waals surface area contributed by atoms with Gasteiger partial charge in [-0.1, -0.05) is 33.6 Å². The van der Waals surface area contributed by atoms with Crippen molar-refractivity contribution in [2.24, 2.45) is 0 Å². The number of rotatable bonds is 2. The number of piperazine rings is 1. The quantitative estimate of drug-likeness (QED) is 0.907. The number of halogens is 2. The highest BCUT2D eigenvalue weighted by Crippen LogP contribution is 2.22. The van der Waals surface area contributed by atoms with Gasteiger partial charge in [0.1, 0.15) is 0 Å². The normalized spacial score (nSPS) is 16.6. The standard InChI is InChI=1S/C11H12BrClN2O/c12-9-2-1-8(10(13)5-9)7-15-4-3-14-6-11(15)16/h1-2,5,14H,3-4,6-7H2. The lowest BCUT2D eigenvalue weighted by molar-refractivity contribution is -0.132. The largest absolute Gasteiger partial charge is 0.336 e. The first-order valence-corrected chi connectivity index (χ1v) is 6.26. The molecule has 0 spiro atoms. The fraction of sp³-hybridized carbons (Fsp3) is 0.364. The van der Waals surface area contributed by atoms with Gasteiger partial charge in [-0.3, -0.25) is 4.79 Å². The summed E-state index contributed by atoms with van der Waals surface area (Å²) in [5, 5.41) is 3.74. The number of hydrogen-bond acceptors (Lipinski definition) is 2. The molecule has 0 aromatic heterocycles. The van der Waals surface area contributed by atoms with Crippen molar-refractivity contribution in [3.05, 3.63) is 33.3 Å². The minimum Gasteiger partial charge on any atom is -0.336 e. The Hall–Kier alpha value is -0.580. The molecule has 1 aromatic carbocycles. The van der Waals surface area contributed by atoms with Crippen molar-refractivity contribution in [1.82, 2.24) is 10.2 Å². The van der Waals surface area contributed by atoms with Crippen LogP contribution in [0.4, 0.5) is 0 Å². The van der Waals surface area contributed by atoms with Gasteiger partial charge >= 0.3 is 0 Å². The zero-order chi connectivity index (χ0) is 11.5. The van der Waals surface area contributed by atoms with Crippen molar-refractivity contribution >= 4 is 33.4 Å². The topological polar surface area (TPSA) is 32.3 Å². The third-order valence-corrected chi connectivity index (χ3v) is 3.41. The minimum atomic E-state index is 0.130. The third kappa shape index (κ3) is 2.75. The van der Waals surface area contributed by atoms with E-state index in [1.54, 1.807) is 0 Å². The van der Waals surface area contributed by atoms with Gasteiger partial charge in [0, 0.05) is 29.1 Å². The fourth-order valence-corrected chi connectivity index (χ4v) is 2.40. The van der Waals surface area contributed by atoms with Crippen LogP contribution < -0.4 is 5.32 Å². The van der Waals surface area contributed by atoms with E-state index >= 15 is 0 Å². The molecule has 1 saturated heterocycles. The average Bonchev–Trinajstić information content (AvgIpc) is 2.25. The van der Waals surface area contributed by atoms with E-state index < -0.39 is 0 Å². The number of amides is 1. The summed E-state index contributed by atoms with van der Waals surface area (Å²) in [5.74, 6) is 0.130. The molecule has 1 heterocycles. The van der Waals surface area contributed by atoms with Gasteiger partial charge in [-0.25, -0.2) is 0 Å². The monoisotopic (exact) mass is 302 g/mol. The van der Waals surface area contributed by atoms with Gasteiger partial charge in [-0.15, -0.1) is 0 Å². The summed E-state index contributed by atoms with van der Waals surface area (Å²) in [6.45, 7) is 2.60. The number of nitrogens with zero attached hydrogens (tertiary/aromatic N) is 1. The number of carbonyl (C=O) groups excluding carboxylic acids is 1. The van der Waals surface area contributed by atoms with E-state index in [1.165, 1.54) is 0 Å². The highest BCUT2D eigenvalue weighted by molar-refractivity contribution is 9.10. The molecule has 3 nitrogen and oxygen atoms in total. The summed E-state index contributed by atoms with van der Waals surface area (Å²) in [7, 11) is 0. The summed E-state index contributed by atoms with van der Waals surface area (Å²) < 4.78 is 0.952. The molecule has 1 N–H and O–H groups in total. The van der Waals surface area contributed by atoms with Crippen LogP contribution in [0.3, 0.4) is 0 Å². The first kappa shape index (κ1) is 11.9. The Labute approximate surface area is 108 Å². The van der Waals surface area contributed by atoms with E-state index in [0.717, 1.165) is 23.1 Å². The van der Waals surface area contributed by atoms with E-state index in [9.17, 15) is 4.79 Å². The molecule has 0 radical (unpaired) electrons. The molecule has 1 aromatic rings. The molecule has 0 unspecified atom stereocenters. The van der Waals surface area contributed by atoms with Crippen LogP contribution in [0.1, 0.15) is 5.56 Å². The van der Waals surface area contributed by atoms with Crippen molar-refractivity contribution in [2.45, 2.75) is 6.54 Å². The number of benzene rings is 1. The molecule has 5 heteroatoms. The number of carbonyl (C=O) groups is 1. The Morgan fingerprint density at radius 2 is 2.31 bits per heavy atom. The van der Waals surface area contributed by atoms with Crippen LogP contribution in [0.2, 0.25) is 5.02 Å². The zero-order valence-corrected chi connectivity index (χ0v) is 11.0. The summed E-state index contributed by atoms with van der Waals surface area (Å²) in [6.07, 6.45) is 0. The van der Waals surface area contributed by atoms with E-state index in [4.69, 9.17) is 11.6 Å². The smallest absolute Gasteiger partial charge is 0.236 e. The zero-order valence-electron chi connectivity index (χ0n) is 8.67. The van der Waals surface area contributed by atoms with Gasteiger partial charge in [0.15, 0.2) is 0 Å². The molecule has 1 amide bonds. The molecule has 1 aliphatic rings. The molecule has 0 aliphatic carbocycles. The summed E-state index contributed by atoms with van der Waals surface area (Å²) >= 11 is 9.47. The van der Waals surface area contributed by atoms with Crippen LogP contribution >= 0.6 is 27.5 Å². The van der Waals surface area contributed by atoms with Gasteiger partial charge in [-0.05, 0) is 17.7 Å². The van der Waals surface area contributed by atoms with E-state index in [-0.39, 0.29) is 5.91 Å². The molecule has 1 aliphatic heterocycles. The maximum absolute atomic E-state index is 11.6. The van der Waals surface area contributed by atoms with Crippen LogP contribution in [0.5, 0.6) is 0 Å². The Morgan fingerprint density at radius 1 is 1.50 bits per heavy atom. The first-order valence-electron chi connectivity index (χ1n) is 5.09. The SMILES string of the molecule is O=C1CNCCN1Cc1ccc(Br)cc1Cl. The Balaban J connectivity index is 2.10. The van der Waals surface area contributed by atoms with Crippen LogP contribution in [0, 0.1) is 0 Å². The van der Waals surface area contributed by atoms with Crippen molar-refractivity contribution in [3.8, 4) is 0 Å². The van der Waals surface area contributed by atoms with Crippen LogP contribution in [-0.4, -0.2) is 30.4 Å². The van der Waals surface area contributed by atoms with Crippen LogP contribution in [0.25, 0.3) is 0 Å². The molecule has 0 bridgehead atoms. The summed E-state index contributed by atoms with van der Waals surface area (Å²) in [4.78, 5) is 13.4. The number of hydrogen-bond donors (Lipinski definition) is 1. The summed E-state index contributed by atoms with van der Waals surface area (Å²) in [5.41, 5.74) is 0.986. The highest BCUT2D eigenvalue weighted by atomic mass is 79.9. The maximum Gasteiger partial charge on any atom is 0.236 e. The summed E-state index contributed by atoms with van der Waals surface area (Å²) in [6, 6.07) is 5.74. The van der Waals surface area contributed by atoms with Crippen LogP contribution in [-0.2, 0) is 11.3 Å². The molecule has 0 saturated carbocycles. The molecule has 16 heavy (non-hydrogen) atoms. The van der Waals surface area contributed by atoms with Gasteiger partial charge < -0.3 is 10.2 Å². The van der Waals surface area contributed by atoms with Crippen molar-refractivity contribution < 1.29 is 4.79 Å². The lowest BCUT2D eigenvalue weighted by atomic mass is 10.2. The lowest BCUT2D eigenvalue weighted by Gasteiger charge is -2.27. The Bertz CT molecular complexity index is 411. The van der Waals surface area contributed by atoms with Crippen LogP contribution in [0.15, 0.2) is 22.7 Å². The van der Waals surface area contributed by atoms with Crippen molar-refractivity contribution in [1.29, 1.82) is 0 Å². The van der Waals surface area contributed by atoms with E-state index in [2.05, 4.69) is 21.2 Å².